The molecule has 1 amide bonds. The van der Waals surface area contributed by atoms with Gasteiger partial charge in [0.15, 0.2) is 0 Å². The van der Waals surface area contributed by atoms with E-state index in [2.05, 4.69) is 16.8 Å². The summed E-state index contributed by atoms with van der Waals surface area (Å²) in [7, 11) is -3.68. The Hall–Kier alpha value is -3.92. The average molecular weight is 564 g/mol. The number of anilines is 1. The second kappa shape index (κ2) is 12.1. The largest absolute Gasteiger partial charge is 0.364 e. The standard InChI is InChI=1S/C30H37N5O4S/c1-6-10-27-32-26(7-2)28(29(31)36)35(27)17-22-13-15-23(16-14-22)25-12-9-8-11-24(25)19(3)18-40(37,38)34-30-20(4)21(5)33-39-30/h8-9,11-16,19,34H,6-7,10,17-18H2,1-5H3,(H2,31,36). The van der Waals surface area contributed by atoms with Crippen LogP contribution in [-0.2, 0) is 29.4 Å². The molecule has 4 aromatic rings. The van der Waals surface area contributed by atoms with Gasteiger partial charge in [0, 0.05) is 18.5 Å². The van der Waals surface area contributed by atoms with Gasteiger partial charge in [-0.2, -0.15) is 0 Å². The molecule has 10 heteroatoms. The smallest absolute Gasteiger partial charge is 0.267 e. The van der Waals surface area contributed by atoms with Gasteiger partial charge < -0.3 is 14.8 Å². The Labute approximate surface area is 235 Å². The molecule has 0 saturated carbocycles. The minimum Gasteiger partial charge on any atom is -0.364 e. The van der Waals surface area contributed by atoms with Crippen LogP contribution in [0.1, 0.15) is 77.5 Å². The van der Waals surface area contributed by atoms with Gasteiger partial charge in [-0.25, -0.2) is 13.4 Å². The van der Waals surface area contributed by atoms with E-state index in [4.69, 9.17) is 15.2 Å². The molecule has 2 aromatic heterocycles. The van der Waals surface area contributed by atoms with Crippen molar-refractivity contribution in [3.63, 3.8) is 0 Å². The molecule has 0 spiro atoms. The van der Waals surface area contributed by atoms with Crippen molar-refractivity contribution >= 4 is 21.8 Å². The summed E-state index contributed by atoms with van der Waals surface area (Å²) in [6.07, 6.45) is 2.31. The van der Waals surface area contributed by atoms with E-state index in [1.807, 2.05) is 66.9 Å². The number of benzene rings is 2. The van der Waals surface area contributed by atoms with E-state index in [-0.39, 0.29) is 17.6 Å². The first-order valence-electron chi connectivity index (χ1n) is 13.5. The molecule has 0 saturated heterocycles. The number of primary amides is 1. The number of carbonyl (C=O) groups excluding carboxylic acids is 1. The number of nitrogens with two attached hydrogens (primary N) is 1. The van der Waals surface area contributed by atoms with Crippen LogP contribution >= 0.6 is 0 Å². The molecule has 3 N–H and O–H groups in total. The Morgan fingerprint density at radius 1 is 1.10 bits per heavy atom. The van der Waals surface area contributed by atoms with Crippen LogP contribution in [0.2, 0.25) is 0 Å². The maximum absolute atomic E-state index is 12.9. The van der Waals surface area contributed by atoms with Crippen LogP contribution in [0.3, 0.4) is 0 Å². The monoisotopic (exact) mass is 563 g/mol. The van der Waals surface area contributed by atoms with Crippen molar-refractivity contribution in [3.05, 3.63) is 88.1 Å². The summed E-state index contributed by atoms with van der Waals surface area (Å²) in [5.74, 6) is 0.147. The lowest BCUT2D eigenvalue weighted by Crippen LogP contribution is -2.21. The van der Waals surface area contributed by atoms with Crippen molar-refractivity contribution in [1.82, 2.24) is 14.7 Å². The summed E-state index contributed by atoms with van der Waals surface area (Å²) in [5, 5.41) is 3.83. The molecule has 0 fully saturated rings. The van der Waals surface area contributed by atoms with Gasteiger partial charge >= 0.3 is 0 Å². The molecule has 9 nitrogen and oxygen atoms in total. The molecule has 2 heterocycles. The van der Waals surface area contributed by atoms with Crippen LogP contribution in [0.5, 0.6) is 0 Å². The summed E-state index contributed by atoms with van der Waals surface area (Å²) in [6, 6.07) is 15.9. The highest BCUT2D eigenvalue weighted by Crippen LogP contribution is 2.31. The molecule has 212 valence electrons. The van der Waals surface area contributed by atoms with E-state index in [1.165, 1.54) is 0 Å². The number of aromatic nitrogens is 3. The zero-order valence-corrected chi connectivity index (χ0v) is 24.5. The molecule has 40 heavy (non-hydrogen) atoms. The van der Waals surface area contributed by atoms with E-state index < -0.39 is 15.9 Å². The number of aryl methyl sites for hydroxylation is 3. The maximum atomic E-state index is 12.9. The number of hydrogen-bond donors (Lipinski definition) is 2. The van der Waals surface area contributed by atoms with E-state index in [1.54, 1.807) is 13.8 Å². The van der Waals surface area contributed by atoms with Gasteiger partial charge in [-0.1, -0.05) is 74.5 Å². The molecule has 0 aliphatic carbocycles. The second-order valence-corrected chi connectivity index (χ2v) is 11.9. The first-order valence-corrected chi connectivity index (χ1v) is 15.2. The van der Waals surface area contributed by atoms with Crippen LogP contribution in [-0.4, -0.2) is 34.8 Å². The third-order valence-corrected chi connectivity index (χ3v) is 8.57. The predicted octanol–water partition coefficient (Wildman–Crippen LogP) is 5.36. The third kappa shape index (κ3) is 6.28. The Morgan fingerprint density at radius 2 is 1.80 bits per heavy atom. The zero-order chi connectivity index (χ0) is 29.0. The Kier molecular flexibility index (Phi) is 8.78. The fourth-order valence-electron chi connectivity index (χ4n) is 4.93. The number of nitrogens with zero attached hydrogens (tertiary/aromatic N) is 3. The highest BCUT2D eigenvalue weighted by Gasteiger charge is 2.23. The molecular formula is C30H37N5O4S. The van der Waals surface area contributed by atoms with Crippen LogP contribution in [0.4, 0.5) is 5.88 Å². The Bertz CT molecular complexity index is 1600. The van der Waals surface area contributed by atoms with E-state index in [0.29, 0.717) is 29.9 Å². The molecule has 0 radical (unpaired) electrons. The number of amides is 1. The van der Waals surface area contributed by atoms with Crippen LogP contribution in [0, 0.1) is 13.8 Å². The first-order chi connectivity index (χ1) is 19.0. The number of nitrogens with one attached hydrogen (secondary N) is 1. The minimum atomic E-state index is -3.68. The van der Waals surface area contributed by atoms with Crippen molar-refractivity contribution in [2.45, 2.75) is 66.3 Å². The molecule has 1 unspecified atom stereocenters. The van der Waals surface area contributed by atoms with Gasteiger partial charge in [-0.3, -0.25) is 9.52 Å². The highest BCUT2D eigenvalue weighted by molar-refractivity contribution is 7.92. The molecule has 0 bridgehead atoms. The Balaban J connectivity index is 1.57. The molecule has 2 aromatic carbocycles. The normalized spacial score (nSPS) is 12.4. The number of sulfonamides is 1. The van der Waals surface area contributed by atoms with Crippen molar-refractivity contribution in [2.24, 2.45) is 5.73 Å². The summed E-state index contributed by atoms with van der Waals surface area (Å²) in [6.45, 7) is 9.97. The first kappa shape index (κ1) is 29.1. The van der Waals surface area contributed by atoms with Gasteiger partial charge in [0.2, 0.25) is 15.9 Å². The molecule has 4 rings (SSSR count). The fourth-order valence-corrected chi connectivity index (χ4v) is 6.33. The predicted molar refractivity (Wildman–Crippen MR) is 157 cm³/mol. The number of carbonyl (C=O) groups is 1. The quantitative estimate of drug-likeness (QED) is 0.238. The zero-order valence-electron chi connectivity index (χ0n) is 23.7. The molecular weight excluding hydrogens is 526 g/mol. The minimum absolute atomic E-state index is 0.113. The van der Waals surface area contributed by atoms with E-state index in [0.717, 1.165) is 46.6 Å². The molecule has 0 aliphatic heterocycles. The van der Waals surface area contributed by atoms with Gasteiger partial charge in [0.1, 0.15) is 11.5 Å². The van der Waals surface area contributed by atoms with Crippen molar-refractivity contribution < 1.29 is 17.7 Å². The molecule has 0 aliphatic rings. The number of imidazole rings is 1. The van der Waals surface area contributed by atoms with E-state index in [9.17, 15) is 13.2 Å². The number of hydrogen-bond acceptors (Lipinski definition) is 6. The van der Waals surface area contributed by atoms with Gasteiger partial charge in [0.25, 0.3) is 5.91 Å². The molecule has 1 atom stereocenters. The lowest BCUT2D eigenvalue weighted by molar-refractivity contribution is 0.0990. The van der Waals surface area contributed by atoms with E-state index >= 15 is 0 Å². The lowest BCUT2D eigenvalue weighted by Gasteiger charge is -2.18. The van der Waals surface area contributed by atoms with Crippen molar-refractivity contribution in [1.29, 1.82) is 0 Å². The maximum Gasteiger partial charge on any atom is 0.267 e. The highest BCUT2D eigenvalue weighted by atomic mass is 32.2. The SMILES string of the molecule is CCCc1nc(CC)c(C(N)=O)n1Cc1ccc(-c2ccccc2C(C)CS(=O)(=O)Nc2onc(C)c2C)cc1. The summed E-state index contributed by atoms with van der Waals surface area (Å²) in [5.41, 5.74) is 12.1. The van der Waals surface area contributed by atoms with Crippen LogP contribution in [0.15, 0.2) is 53.1 Å². The summed E-state index contributed by atoms with van der Waals surface area (Å²) >= 11 is 0. The summed E-state index contributed by atoms with van der Waals surface area (Å²) in [4.78, 5) is 17.0. The number of rotatable bonds is 12. The third-order valence-electron chi connectivity index (χ3n) is 7.13. The van der Waals surface area contributed by atoms with Gasteiger partial charge in [-0.05, 0) is 54.9 Å². The second-order valence-electron chi connectivity index (χ2n) is 10.2. The van der Waals surface area contributed by atoms with Gasteiger partial charge in [-0.15, -0.1) is 0 Å². The van der Waals surface area contributed by atoms with Crippen LogP contribution in [0.25, 0.3) is 11.1 Å². The average Bonchev–Trinajstić information content (AvgIpc) is 3.43. The topological polar surface area (TPSA) is 133 Å². The Morgan fingerprint density at radius 3 is 2.40 bits per heavy atom. The lowest BCUT2D eigenvalue weighted by atomic mass is 9.92. The van der Waals surface area contributed by atoms with Gasteiger partial charge in [0.05, 0.1) is 17.1 Å². The van der Waals surface area contributed by atoms with Crippen molar-refractivity contribution in [2.75, 3.05) is 10.5 Å². The van der Waals surface area contributed by atoms with Crippen LogP contribution < -0.4 is 10.5 Å². The summed E-state index contributed by atoms with van der Waals surface area (Å²) < 4.78 is 35.5. The fraction of sp³-hybridized carbons (Fsp3) is 0.367. The van der Waals surface area contributed by atoms with Crippen molar-refractivity contribution in [3.8, 4) is 11.1 Å².